The van der Waals surface area contributed by atoms with Crippen LogP contribution < -0.4 is 5.73 Å². The van der Waals surface area contributed by atoms with Crippen molar-refractivity contribution in [3.8, 4) is 0 Å². The second-order valence-corrected chi connectivity index (χ2v) is 2.77. The van der Waals surface area contributed by atoms with Gasteiger partial charge in [-0.25, -0.2) is 4.99 Å². The third kappa shape index (κ3) is 2.19. The molecule has 1 aliphatic heterocycles. The zero-order valence-corrected chi connectivity index (χ0v) is 6.43. The lowest BCUT2D eigenvalue weighted by Gasteiger charge is -1.93. The van der Waals surface area contributed by atoms with Crippen molar-refractivity contribution in [2.24, 2.45) is 10.7 Å². The summed E-state index contributed by atoms with van der Waals surface area (Å²) >= 11 is 1.32. The summed E-state index contributed by atoms with van der Waals surface area (Å²) in [6, 6.07) is 0. The summed E-state index contributed by atoms with van der Waals surface area (Å²) in [5, 5.41) is 1.60. The molecular formula is C6H6N2O2S. The molecule has 1 heterocycles. The highest BCUT2D eigenvalue weighted by Gasteiger charge is 2.10. The molecule has 4 nitrogen and oxygen atoms in total. The molecule has 0 saturated heterocycles. The van der Waals surface area contributed by atoms with Crippen molar-refractivity contribution in [2.45, 2.75) is 0 Å². The van der Waals surface area contributed by atoms with Gasteiger partial charge in [-0.2, -0.15) is 0 Å². The molecule has 0 saturated carbocycles. The van der Waals surface area contributed by atoms with Crippen LogP contribution in [0.5, 0.6) is 0 Å². The summed E-state index contributed by atoms with van der Waals surface area (Å²) < 4.78 is 0. The first-order valence-corrected chi connectivity index (χ1v) is 3.94. The zero-order valence-electron chi connectivity index (χ0n) is 5.61. The summed E-state index contributed by atoms with van der Waals surface area (Å²) in [6.45, 7) is 0. The molecular weight excluding hydrogens is 164 g/mol. The van der Waals surface area contributed by atoms with Gasteiger partial charge in [0.25, 0.3) is 11.8 Å². The Morgan fingerprint density at radius 2 is 2.45 bits per heavy atom. The Kier molecular flexibility index (Phi) is 2.43. The van der Waals surface area contributed by atoms with Gasteiger partial charge in [-0.05, 0) is 5.41 Å². The number of carbonyl (C=O) groups excluding carboxylic acids is 2. The first kappa shape index (κ1) is 8.00. The Morgan fingerprint density at radius 3 is 3.09 bits per heavy atom. The number of thioether (sulfide) groups is 1. The van der Waals surface area contributed by atoms with Crippen molar-refractivity contribution in [3.05, 3.63) is 11.5 Å². The molecule has 2 N–H and O–H groups in total. The van der Waals surface area contributed by atoms with E-state index in [4.69, 9.17) is 5.73 Å². The molecule has 0 fully saturated rings. The molecule has 5 heteroatoms. The normalized spacial score (nSPS) is 17.5. The fraction of sp³-hybridized carbons (Fsp3) is 0.167. The van der Waals surface area contributed by atoms with Crippen LogP contribution in [-0.2, 0) is 9.59 Å². The van der Waals surface area contributed by atoms with E-state index in [1.165, 1.54) is 17.8 Å². The lowest BCUT2D eigenvalue weighted by Crippen LogP contribution is -2.25. The molecule has 58 valence electrons. The second kappa shape index (κ2) is 3.34. The van der Waals surface area contributed by atoms with Crippen molar-refractivity contribution >= 4 is 29.3 Å². The lowest BCUT2D eigenvalue weighted by molar-refractivity contribution is -0.115. The summed E-state index contributed by atoms with van der Waals surface area (Å²) in [6.07, 6.45) is 1.31. The highest BCUT2D eigenvalue weighted by atomic mass is 32.2. The first-order valence-electron chi connectivity index (χ1n) is 2.89. The molecule has 0 bridgehead atoms. The van der Waals surface area contributed by atoms with E-state index in [0.29, 0.717) is 5.75 Å². The van der Waals surface area contributed by atoms with Crippen LogP contribution in [0.25, 0.3) is 0 Å². The van der Waals surface area contributed by atoms with Gasteiger partial charge in [0.15, 0.2) is 0 Å². The summed E-state index contributed by atoms with van der Waals surface area (Å²) in [5.41, 5.74) is 5.07. The van der Waals surface area contributed by atoms with Crippen LogP contribution in [0, 0.1) is 0 Å². The van der Waals surface area contributed by atoms with E-state index in [9.17, 15) is 9.59 Å². The summed E-state index contributed by atoms with van der Waals surface area (Å²) in [7, 11) is 0. The van der Waals surface area contributed by atoms with Gasteiger partial charge in [-0.1, -0.05) is 0 Å². The predicted molar refractivity (Wildman–Crippen MR) is 43.2 cm³/mol. The van der Waals surface area contributed by atoms with Crippen molar-refractivity contribution in [3.63, 3.8) is 0 Å². The number of aliphatic imine (C=N–C) groups is 1. The molecule has 0 aromatic rings. The third-order valence-corrected chi connectivity index (χ3v) is 1.83. The van der Waals surface area contributed by atoms with E-state index in [0.717, 1.165) is 0 Å². The molecule has 1 rings (SSSR count). The lowest BCUT2D eigenvalue weighted by atomic mass is 10.4. The zero-order chi connectivity index (χ0) is 8.27. The van der Waals surface area contributed by atoms with Crippen LogP contribution in [0.2, 0.25) is 0 Å². The molecule has 0 atom stereocenters. The monoisotopic (exact) mass is 170 g/mol. The SMILES string of the molecule is NC(=O)C1=NC(=O)C=CSC1. The molecule has 0 aromatic heterocycles. The minimum atomic E-state index is -0.630. The average molecular weight is 170 g/mol. The third-order valence-electron chi connectivity index (χ3n) is 1.06. The Morgan fingerprint density at radius 1 is 1.73 bits per heavy atom. The van der Waals surface area contributed by atoms with Crippen molar-refractivity contribution in [1.29, 1.82) is 0 Å². The highest BCUT2D eigenvalue weighted by molar-refractivity contribution is 8.02. The van der Waals surface area contributed by atoms with Crippen molar-refractivity contribution in [2.75, 3.05) is 5.75 Å². The van der Waals surface area contributed by atoms with Gasteiger partial charge in [0.05, 0.1) is 0 Å². The number of rotatable bonds is 1. The first-order chi connectivity index (χ1) is 5.20. The Hall–Kier alpha value is -1.10. The number of hydrogen-bond acceptors (Lipinski definition) is 3. The van der Waals surface area contributed by atoms with Crippen molar-refractivity contribution < 1.29 is 9.59 Å². The van der Waals surface area contributed by atoms with Crippen molar-refractivity contribution in [1.82, 2.24) is 0 Å². The maximum Gasteiger partial charge on any atom is 0.270 e. The number of primary amides is 1. The fourth-order valence-electron chi connectivity index (χ4n) is 0.562. The van der Waals surface area contributed by atoms with E-state index < -0.39 is 11.8 Å². The van der Waals surface area contributed by atoms with Gasteiger partial charge in [0, 0.05) is 11.8 Å². The van der Waals surface area contributed by atoms with E-state index in [1.807, 2.05) is 0 Å². The van der Waals surface area contributed by atoms with E-state index in [1.54, 1.807) is 5.41 Å². The standard InChI is InChI=1S/C6H6N2O2S/c7-6(10)4-3-11-2-1-5(9)8-4/h1-2H,3H2,(H2,7,10). The summed E-state index contributed by atoms with van der Waals surface area (Å²) in [5.74, 6) is -0.684. The van der Waals surface area contributed by atoms with Gasteiger partial charge in [-0.3, -0.25) is 9.59 Å². The second-order valence-electron chi connectivity index (χ2n) is 1.87. The van der Waals surface area contributed by atoms with E-state index >= 15 is 0 Å². The minimum absolute atomic E-state index is 0.130. The molecule has 0 unspecified atom stereocenters. The quantitative estimate of drug-likeness (QED) is 0.587. The van der Waals surface area contributed by atoms with Crippen LogP contribution in [0.4, 0.5) is 0 Å². The van der Waals surface area contributed by atoms with Crippen LogP contribution >= 0.6 is 11.8 Å². The maximum atomic E-state index is 10.7. The van der Waals surface area contributed by atoms with Crippen LogP contribution in [-0.4, -0.2) is 23.3 Å². The Bertz CT molecular complexity index is 257. The van der Waals surface area contributed by atoms with E-state index in [-0.39, 0.29) is 5.71 Å². The smallest absolute Gasteiger partial charge is 0.270 e. The highest BCUT2D eigenvalue weighted by Crippen LogP contribution is 2.06. The van der Waals surface area contributed by atoms with Gasteiger partial charge in [0.2, 0.25) is 0 Å². The molecule has 0 radical (unpaired) electrons. The number of carbonyl (C=O) groups is 2. The molecule has 0 spiro atoms. The van der Waals surface area contributed by atoms with Crippen LogP contribution in [0.3, 0.4) is 0 Å². The minimum Gasteiger partial charge on any atom is -0.365 e. The number of nitrogens with zero attached hydrogens (tertiary/aromatic N) is 1. The summed E-state index contributed by atoms with van der Waals surface area (Å²) in [4.78, 5) is 24.7. The van der Waals surface area contributed by atoms with E-state index in [2.05, 4.69) is 4.99 Å². The van der Waals surface area contributed by atoms with Crippen LogP contribution in [0.15, 0.2) is 16.5 Å². The largest absolute Gasteiger partial charge is 0.365 e. The average Bonchev–Trinajstić information content (AvgIpc) is 2.13. The van der Waals surface area contributed by atoms with Gasteiger partial charge >= 0.3 is 0 Å². The molecule has 11 heavy (non-hydrogen) atoms. The molecule has 2 amide bonds. The Balaban J connectivity index is 2.83. The molecule has 1 aliphatic rings. The molecule has 0 aromatic carbocycles. The maximum absolute atomic E-state index is 10.7. The molecule has 0 aliphatic carbocycles. The Labute approximate surface area is 67.5 Å². The number of nitrogens with two attached hydrogens (primary N) is 1. The topological polar surface area (TPSA) is 72.5 Å². The van der Waals surface area contributed by atoms with Gasteiger partial charge < -0.3 is 5.73 Å². The predicted octanol–water partition coefficient (Wildman–Crippen LogP) is -0.300. The number of hydrogen-bond donors (Lipinski definition) is 1. The fourth-order valence-corrected chi connectivity index (χ4v) is 1.24. The van der Waals surface area contributed by atoms with Gasteiger partial charge in [-0.15, -0.1) is 11.8 Å². The van der Waals surface area contributed by atoms with Crippen LogP contribution in [0.1, 0.15) is 0 Å². The number of amides is 2. The van der Waals surface area contributed by atoms with Gasteiger partial charge in [0.1, 0.15) is 5.71 Å².